The van der Waals surface area contributed by atoms with Gasteiger partial charge in [0.15, 0.2) is 9.84 Å². The van der Waals surface area contributed by atoms with Crippen molar-refractivity contribution in [3.05, 3.63) is 88.6 Å². The molecule has 1 heterocycles. The molecule has 4 aromatic rings. The van der Waals surface area contributed by atoms with Crippen molar-refractivity contribution in [3.63, 3.8) is 0 Å². The predicted molar refractivity (Wildman–Crippen MR) is 122 cm³/mol. The zero-order valence-corrected chi connectivity index (χ0v) is 18.8. The second-order valence-corrected chi connectivity index (χ2v) is 10.3. The maximum Gasteiger partial charge on any atom is 0.176 e. The zero-order chi connectivity index (χ0) is 22.0. The molecule has 0 aliphatic carbocycles. The van der Waals surface area contributed by atoms with Crippen LogP contribution in [-0.4, -0.2) is 19.7 Å². The Bertz CT molecular complexity index is 1340. The van der Waals surface area contributed by atoms with E-state index >= 15 is 0 Å². The molecule has 0 fully saturated rings. The van der Waals surface area contributed by atoms with Crippen molar-refractivity contribution in [2.45, 2.75) is 11.5 Å². The van der Waals surface area contributed by atoms with Crippen molar-refractivity contribution in [3.8, 4) is 27.4 Å². The first-order chi connectivity index (χ1) is 14.8. The Balaban J connectivity index is 1.81. The van der Waals surface area contributed by atoms with E-state index in [1.54, 1.807) is 66.7 Å². The van der Waals surface area contributed by atoms with Gasteiger partial charge < -0.3 is 4.74 Å². The van der Waals surface area contributed by atoms with Crippen LogP contribution in [0.4, 0.5) is 4.39 Å². The van der Waals surface area contributed by atoms with E-state index in [1.807, 2.05) is 0 Å². The maximum atomic E-state index is 14.6. The van der Waals surface area contributed by atoms with E-state index in [4.69, 9.17) is 16.3 Å². The summed E-state index contributed by atoms with van der Waals surface area (Å²) in [7, 11) is -3.50. The lowest BCUT2D eigenvalue weighted by Crippen LogP contribution is -1.99. The van der Waals surface area contributed by atoms with E-state index in [0.717, 1.165) is 6.26 Å². The highest BCUT2D eigenvalue weighted by Gasteiger charge is 2.22. The molecule has 158 valence electrons. The van der Waals surface area contributed by atoms with Crippen molar-refractivity contribution in [2.75, 3.05) is 6.26 Å². The number of rotatable bonds is 6. The summed E-state index contributed by atoms with van der Waals surface area (Å²) < 4.78 is 45.1. The quantitative estimate of drug-likeness (QED) is 0.332. The SMILES string of the molecule is CS(=O)(=O)c1ccccc1-c1sc(COc2ccc(Cl)cc2)nc1-c1ccccc1F. The van der Waals surface area contributed by atoms with Gasteiger partial charge in [-0.05, 0) is 42.5 Å². The molecule has 4 rings (SSSR count). The van der Waals surface area contributed by atoms with E-state index in [0.29, 0.717) is 37.5 Å². The molecule has 0 atom stereocenters. The van der Waals surface area contributed by atoms with Crippen LogP contribution in [0.15, 0.2) is 77.7 Å². The van der Waals surface area contributed by atoms with Gasteiger partial charge in [-0.15, -0.1) is 11.3 Å². The van der Waals surface area contributed by atoms with Crippen molar-refractivity contribution in [1.29, 1.82) is 0 Å². The van der Waals surface area contributed by atoms with Crippen LogP contribution in [0.25, 0.3) is 21.7 Å². The van der Waals surface area contributed by atoms with Crippen molar-refractivity contribution in [1.82, 2.24) is 4.98 Å². The highest BCUT2D eigenvalue weighted by molar-refractivity contribution is 7.90. The summed E-state index contributed by atoms with van der Waals surface area (Å²) in [6.45, 7) is 0.148. The molecule has 0 N–H and O–H groups in total. The van der Waals surface area contributed by atoms with Crippen molar-refractivity contribution >= 4 is 32.8 Å². The highest BCUT2D eigenvalue weighted by atomic mass is 35.5. The monoisotopic (exact) mass is 473 g/mol. The van der Waals surface area contributed by atoms with E-state index < -0.39 is 15.7 Å². The second-order valence-electron chi connectivity index (χ2n) is 6.78. The van der Waals surface area contributed by atoms with Crippen LogP contribution in [0.5, 0.6) is 5.75 Å². The molecule has 8 heteroatoms. The Labute approximate surface area is 188 Å². The van der Waals surface area contributed by atoms with Gasteiger partial charge in [0, 0.05) is 22.4 Å². The molecule has 0 saturated heterocycles. The molecule has 0 saturated carbocycles. The molecule has 1 aromatic heterocycles. The van der Waals surface area contributed by atoms with Crippen molar-refractivity contribution < 1.29 is 17.5 Å². The van der Waals surface area contributed by atoms with Gasteiger partial charge >= 0.3 is 0 Å². The summed E-state index contributed by atoms with van der Waals surface area (Å²) in [5.41, 5.74) is 1.17. The summed E-state index contributed by atoms with van der Waals surface area (Å²) >= 11 is 7.18. The van der Waals surface area contributed by atoms with Gasteiger partial charge in [0.05, 0.1) is 15.5 Å². The Morgan fingerprint density at radius 2 is 1.61 bits per heavy atom. The molecular weight excluding hydrogens is 457 g/mol. The van der Waals surface area contributed by atoms with E-state index in [-0.39, 0.29) is 11.5 Å². The van der Waals surface area contributed by atoms with E-state index in [9.17, 15) is 12.8 Å². The van der Waals surface area contributed by atoms with Gasteiger partial charge in [-0.1, -0.05) is 41.9 Å². The predicted octanol–water partition coefficient (Wildman–Crippen LogP) is 6.25. The number of halogens is 2. The fourth-order valence-corrected chi connectivity index (χ4v) is 5.21. The smallest absolute Gasteiger partial charge is 0.176 e. The third-order valence-electron chi connectivity index (χ3n) is 4.51. The molecule has 3 aromatic carbocycles. The first kappa shape index (κ1) is 21.5. The number of hydrogen-bond donors (Lipinski definition) is 0. The molecule has 0 unspecified atom stereocenters. The van der Waals surface area contributed by atoms with Gasteiger partial charge in [0.2, 0.25) is 0 Å². The lowest BCUT2D eigenvalue weighted by molar-refractivity contribution is 0.305. The van der Waals surface area contributed by atoms with Crippen molar-refractivity contribution in [2.24, 2.45) is 0 Å². The van der Waals surface area contributed by atoms with Crippen LogP contribution in [0.2, 0.25) is 5.02 Å². The van der Waals surface area contributed by atoms with Gasteiger partial charge in [-0.3, -0.25) is 0 Å². The molecule has 0 bridgehead atoms. The van der Waals surface area contributed by atoms with E-state index in [1.165, 1.54) is 17.4 Å². The van der Waals surface area contributed by atoms with Gasteiger partial charge in [0.25, 0.3) is 0 Å². The van der Waals surface area contributed by atoms with Crippen LogP contribution >= 0.6 is 22.9 Å². The summed E-state index contributed by atoms with van der Waals surface area (Å²) in [4.78, 5) is 5.34. The Morgan fingerprint density at radius 1 is 0.968 bits per heavy atom. The van der Waals surface area contributed by atoms with Crippen LogP contribution in [0, 0.1) is 5.82 Å². The number of aromatic nitrogens is 1. The third-order valence-corrected chi connectivity index (χ3v) is 6.98. The normalized spacial score (nSPS) is 11.5. The fraction of sp³-hybridized carbons (Fsp3) is 0.0870. The summed E-state index contributed by atoms with van der Waals surface area (Å²) in [5.74, 6) is 0.182. The van der Waals surface area contributed by atoms with Crippen LogP contribution in [-0.2, 0) is 16.4 Å². The molecule has 0 spiro atoms. The average Bonchev–Trinajstić information content (AvgIpc) is 3.17. The van der Waals surface area contributed by atoms with Crippen LogP contribution in [0.3, 0.4) is 0 Å². The zero-order valence-electron chi connectivity index (χ0n) is 16.4. The lowest BCUT2D eigenvalue weighted by atomic mass is 10.1. The van der Waals surface area contributed by atoms with Gasteiger partial charge in [0.1, 0.15) is 23.2 Å². The van der Waals surface area contributed by atoms with E-state index in [2.05, 4.69) is 4.98 Å². The minimum absolute atomic E-state index is 0.148. The van der Waals surface area contributed by atoms with Crippen LogP contribution in [0.1, 0.15) is 5.01 Å². The number of hydrogen-bond acceptors (Lipinski definition) is 5. The van der Waals surface area contributed by atoms with Crippen LogP contribution < -0.4 is 4.74 Å². The van der Waals surface area contributed by atoms with Gasteiger partial charge in [-0.2, -0.15) is 0 Å². The molecule has 4 nitrogen and oxygen atoms in total. The second kappa shape index (κ2) is 8.78. The Morgan fingerprint density at radius 3 is 2.29 bits per heavy atom. The molecular formula is C23H17ClFNO3S2. The number of nitrogens with zero attached hydrogens (tertiary/aromatic N) is 1. The summed E-state index contributed by atoms with van der Waals surface area (Å²) in [6.07, 6.45) is 1.15. The maximum absolute atomic E-state index is 14.6. The Kier molecular flexibility index (Phi) is 6.09. The molecule has 0 radical (unpaired) electrons. The highest BCUT2D eigenvalue weighted by Crippen LogP contribution is 2.40. The molecule has 31 heavy (non-hydrogen) atoms. The average molecular weight is 474 g/mol. The largest absolute Gasteiger partial charge is 0.486 e. The number of ether oxygens (including phenoxy) is 1. The minimum atomic E-state index is -3.50. The Hall–Kier alpha value is -2.74. The molecule has 0 aliphatic rings. The summed E-state index contributed by atoms with van der Waals surface area (Å²) in [6, 6.07) is 19.9. The first-order valence-electron chi connectivity index (χ1n) is 9.25. The first-order valence-corrected chi connectivity index (χ1v) is 12.3. The molecule has 0 aliphatic heterocycles. The number of thiazole rings is 1. The summed E-state index contributed by atoms with van der Waals surface area (Å²) in [5, 5.41) is 1.19. The topological polar surface area (TPSA) is 56.3 Å². The third kappa shape index (κ3) is 4.79. The molecule has 0 amide bonds. The number of sulfone groups is 1. The minimum Gasteiger partial charge on any atom is -0.486 e. The number of benzene rings is 3. The lowest BCUT2D eigenvalue weighted by Gasteiger charge is -2.08. The fourth-order valence-electron chi connectivity index (χ4n) is 3.10. The standard InChI is InChI=1S/C23H17ClFNO3S2/c1-31(27,28)20-9-5-3-7-18(20)23-22(17-6-2-4-8-19(17)25)26-21(30-23)14-29-16-12-10-15(24)11-13-16/h2-13H,14H2,1H3. The van der Waals surface area contributed by atoms with Gasteiger partial charge in [-0.25, -0.2) is 17.8 Å².